The molecule has 3 rings (SSSR count). The normalized spacial score (nSPS) is 18.5. The van der Waals surface area contributed by atoms with Gasteiger partial charge in [-0.15, -0.1) is 0 Å². The van der Waals surface area contributed by atoms with E-state index in [9.17, 15) is 19.5 Å². The van der Waals surface area contributed by atoms with E-state index in [0.717, 1.165) is 11.1 Å². The highest BCUT2D eigenvalue weighted by Crippen LogP contribution is 2.28. The molecule has 1 fully saturated rings. The third-order valence-corrected chi connectivity index (χ3v) is 4.88. The minimum atomic E-state index is -1.36. The molecule has 30 heavy (non-hydrogen) atoms. The van der Waals surface area contributed by atoms with Crippen molar-refractivity contribution in [2.75, 3.05) is 20.3 Å². The SMILES string of the molecule is COCCOC(=O)[C@@H]1[C@H](C(=O)O)N(Cc2ccccc2)C(=O)N1Cc1ccccc1. The number of amides is 2. The molecular formula is C22H24N2O6. The smallest absolute Gasteiger partial charge is 0.331 e. The van der Waals surface area contributed by atoms with Crippen molar-refractivity contribution in [3.63, 3.8) is 0 Å². The fourth-order valence-electron chi connectivity index (χ4n) is 3.47. The number of carbonyl (C=O) groups excluding carboxylic acids is 2. The largest absolute Gasteiger partial charge is 0.480 e. The van der Waals surface area contributed by atoms with E-state index in [1.807, 2.05) is 48.5 Å². The second-order valence-corrected chi connectivity index (χ2v) is 6.90. The van der Waals surface area contributed by atoms with Crippen LogP contribution in [-0.2, 0) is 32.2 Å². The summed E-state index contributed by atoms with van der Waals surface area (Å²) in [5.41, 5.74) is 1.55. The number of rotatable bonds is 9. The van der Waals surface area contributed by atoms with Crippen molar-refractivity contribution < 1.29 is 29.0 Å². The summed E-state index contributed by atoms with van der Waals surface area (Å²) in [7, 11) is 1.47. The van der Waals surface area contributed by atoms with Crippen LogP contribution in [0.2, 0.25) is 0 Å². The molecule has 2 aromatic rings. The molecule has 1 aliphatic heterocycles. The van der Waals surface area contributed by atoms with E-state index in [4.69, 9.17) is 9.47 Å². The Morgan fingerprint density at radius 3 is 1.83 bits per heavy atom. The second-order valence-electron chi connectivity index (χ2n) is 6.90. The van der Waals surface area contributed by atoms with Crippen molar-refractivity contribution in [2.24, 2.45) is 0 Å². The van der Waals surface area contributed by atoms with Gasteiger partial charge in [0.15, 0.2) is 12.1 Å². The van der Waals surface area contributed by atoms with Crippen LogP contribution in [0.3, 0.4) is 0 Å². The van der Waals surface area contributed by atoms with Crippen LogP contribution in [-0.4, -0.2) is 65.3 Å². The standard InChI is InChI=1S/C22H24N2O6/c1-29-12-13-30-21(27)19-18(20(25)26)23(14-16-8-4-2-5-9-16)22(28)24(19)15-17-10-6-3-7-11-17/h2-11,18-19H,12-15H2,1H3,(H,25,26)/t18-,19+/m1/s1. The number of esters is 1. The van der Waals surface area contributed by atoms with Crippen LogP contribution in [0, 0.1) is 0 Å². The minimum absolute atomic E-state index is 0.0236. The molecule has 0 bridgehead atoms. The maximum atomic E-state index is 13.2. The van der Waals surface area contributed by atoms with Gasteiger partial charge in [-0.1, -0.05) is 60.7 Å². The molecule has 2 atom stereocenters. The number of methoxy groups -OCH3 is 1. The predicted molar refractivity (Wildman–Crippen MR) is 107 cm³/mol. The predicted octanol–water partition coefficient (Wildman–Crippen LogP) is 2.14. The van der Waals surface area contributed by atoms with Crippen molar-refractivity contribution in [3.05, 3.63) is 71.8 Å². The number of ether oxygens (including phenoxy) is 2. The van der Waals surface area contributed by atoms with Crippen LogP contribution in [0.15, 0.2) is 60.7 Å². The first kappa shape index (κ1) is 21.3. The maximum Gasteiger partial charge on any atom is 0.331 e. The number of nitrogens with zero attached hydrogens (tertiary/aromatic N) is 2. The summed E-state index contributed by atoms with van der Waals surface area (Å²) in [6, 6.07) is 15.0. The van der Waals surface area contributed by atoms with Crippen LogP contribution in [0.4, 0.5) is 4.79 Å². The highest BCUT2D eigenvalue weighted by molar-refractivity contribution is 5.96. The lowest BCUT2D eigenvalue weighted by molar-refractivity contribution is -0.156. The molecule has 0 aromatic heterocycles. The quantitative estimate of drug-likeness (QED) is 0.501. The Bertz CT molecular complexity index is 874. The lowest BCUT2D eigenvalue weighted by Gasteiger charge is -2.23. The number of hydrogen-bond acceptors (Lipinski definition) is 5. The van der Waals surface area contributed by atoms with E-state index in [1.54, 1.807) is 12.1 Å². The van der Waals surface area contributed by atoms with Gasteiger partial charge in [0.2, 0.25) is 0 Å². The summed E-state index contributed by atoms with van der Waals surface area (Å²) in [6.07, 6.45) is 0. The zero-order valence-electron chi connectivity index (χ0n) is 16.6. The average molecular weight is 412 g/mol. The molecule has 0 spiro atoms. The first-order chi connectivity index (χ1) is 14.5. The van der Waals surface area contributed by atoms with Gasteiger partial charge in [0.05, 0.1) is 6.61 Å². The molecule has 158 valence electrons. The van der Waals surface area contributed by atoms with Gasteiger partial charge in [-0.2, -0.15) is 0 Å². The third kappa shape index (κ3) is 4.77. The molecule has 1 aliphatic rings. The molecule has 0 saturated carbocycles. The highest BCUT2D eigenvalue weighted by atomic mass is 16.6. The van der Waals surface area contributed by atoms with Gasteiger partial charge >= 0.3 is 18.0 Å². The average Bonchev–Trinajstić information content (AvgIpc) is 3.02. The van der Waals surface area contributed by atoms with Crippen LogP contribution >= 0.6 is 0 Å². The fraction of sp³-hybridized carbons (Fsp3) is 0.318. The van der Waals surface area contributed by atoms with Crippen molar-refractivity contribution in [3.8, 4) is 0 Å². The number of carbonyl (C=O) groups is 3. The van der Waals surface area contributed by atoms with Gasteiger partial charge in [0.1, 0.15) is 6.61 Å². The molecule has 2 amide bonds. The number of benzene rings is 2. The van der Waals surface area contributed by atoms with E-state index in [2.05, 4.69) is 0 Å². The molecule has 0 unspecified atom stereocenters. The Hall–Kier alpha value is -3.39. The number of carboxylic acids is 1. The lowest BCUT2D eigenvalue weighted by atomic mass is 10.1. The van der Waals surface area contributed by atoms with Crippen LogP contribution in [0.5, 0.6) is 0 Å². The third-order valence-electron chi connectivity index (χ3n) is 4.88. The van der Waals surface area contributed by atoms with Crippen LogP contribution in [0.1, 0.15) is 11.1 Å². The van der Waals surface area contributed by atoms with E-state index in [-0.39, 0.29) is 26.3 Å². The van der Waals surface area contributed by atoms with Gasteiger partial charge in [-0.05, 0) is 11.1 Å². The Labute approximate surface area is 174 Å². The van der Waals surface area contributed by atoms with Crippen LogP contribution < -0.4 is 0 Å². The zero-order valence-corrected chi connectivity index (χ0v) is 16.6. The monoisotopic (exact) mass is 412 g/mol. The lowest BCUT2D eigenvalue weighted by Crippen LogP contribution is -2.48. The van der Waals surface area contributed by atoms with Gasteiger partial charge < -0.3 is 24.4 Å². The fourth-order valence-corrected chi connectivity index (χ4v) is 3.47. The highest BCUT2D eigenvalue weighted by Gasteiger charge is 2.53. The molecule has 8 heteroatoms. The molecule has 2 aromatic carbocycles. The molecule has 1 saturated heterocycles. The molecule has 1 N–H and O–H groups in total. The Morgan fingerprint density at radius 1 is 0.867 bits per heavy atom. The van der Waals surface area contributed by atoms with E-state index in [1.165, 1.54) is 16.9 Å². The summed E-state index contributed by atoms with van der Waals surface area (Å²) in [5, 5.41) is 9.90. The van der Waals surface area contributed by atoms with Gasteiger partial charge in [-0.25, -0.2) is 14.4 Å². The van der Waals surface area contributed by atoms with Gasteiger partial charge in [0.25, 0.3) is 0 Å². The van der Waals surface area contributed by atoms with E-state index < -0.39 is 30.1 Å². The van der Waals surface area contributed by atoms with Crippen LogP contribution in [0.25, 0.3) is 0 Å². The molecule has 0 aliphatic carbocycles. The first-order valence-corrected chi connectivity index (χ1v) is 9.56. The Balaban J connectivity index is 1.92. The summed E-state index contributed by atoms with van der Waals surface area (Å²) in [4.78, 5) is 40.7. The van der Waals surface area contributed by atoms with Gasteiger partial charge in [0, 0.05) is 20.2 Å². The topological polar surface area (TPSA) is 96.4 Å². The molecule has 0 radical (unpaired) electrons. The Morgan fingerprint density at radius 2 is 1.37 bits per heavy atom. The summed E-state index contributed by atoms with van der Waals surface area (Å²) >= 11 is 0. The zero-order chi connectivity index (χ0) is 21.5. The van der Waals surface area contributed by atoms with Crippen molar-refractivity contribution in [1.82, 2.24) is 9.80 Å². The number of carboxylic acid groups (broad SMARTS) is 1. The molecule has 8 nitrogen and oxygen atoms in total. The summed E-state index contributed by atoms with van der Waals surface area (Å²) in [6.45, 7) is 0.323. The second kappa shape index (κ2) is 9.89. The number of aliphatic carboxylic acids is 1. The number of hydrogen-bond donors (Lipinski definition) is 1. The molecular weight excluding hydrogens is 388 g/mol. The van der Waals surface area contributed by atoms with Crippen molar-refractivity contribution >= 4 is 18.0 Å². The molecule has 1 heterocycles. The Kier molecular flexibility index (Phi) is 7.03. The minimum Gasteiger partial charge on any atom is -0.480 e. The number of urea groups is 1. The summed E-state index contributed by atoms with van der Waals surface area (Å²) in [5.74, 6) is -2.03. The van der Waals surface area contributed by atoms with Gasteiger partial charge in [-0.3, -0.25) is 0 Å². The van der Waals surface area contributed by atoms with E-state index >= 15 is 0 Å². The maximum absolute atomic E-state index is 13.2. The van der Waals surface area contributed by atoms with E-state index in [0.29, 0.717) is 0 Å². The van der Waals surface area contributed by atoms with Crippen molar-refractivity contribution in [1.29, 1.82) is 0 Å². The first-order valence-electron chi connectivity index (χ1n) is 9.56. The van der Waals surface area contributed by atoms with Crippen molar-refractivity contribution in [2.45, 2.75) is 25.2 Å². The summed E-state index contributed by atoms with van der Waals surface area (Å²) < 4.78 is 10.1.